The van der Waals surface area contributed by atoms with E-state index in [0.29, 0.717) is 23.4 Å². The summed E-state index contributed by atoms with van der Waals surface area (Å²) >= 11 is 0. The lowest BCUT2D eigenvalue weighted by molar-refractivity contribution is 0.243. The van der Waals surface area contributed by atoms with Gasteiger partial charge in [0.1, 0.15) is 0 Å². The van der Waals surface area contributed by atoms with Gasteiger partial charge in [-0.1, -0.05) is 6.07 Å². The lowest BCUT2D eigenvalue weighted by atomic mass is 9.93. The molecule has 1 saturated heterocycles. The third-order valence-electron chi connectivity index (χ3n) is 4.71. The second-order valence-electron chi connectivity index (χ2n) is 6.40. The van der Waals surface area contributed by atoms with E-state index in [4.69, 9.17) is 5.73 Å². The molecular weight excluding hydrogens is 310 g/mol. The highest BCUT2D eigenvalue weighted by Gasteiger charge is 2.32. The van der Waals surface area contributed by atoms with E-state index in [9.17, 15) is 8.42 Å². The summed E-state index contributed by atoms with van der Waals surface area (Å²) in [7, 11) is -3.53. The average molecular weight is 333 g/mol. The van der Waals surface area contributed by atoms with Gasteiger partial charge in [-0.25, -0.2) is 8.42 Å². The van der Waals surface area contributed by atoms with Gasteiger partial charge in [-0.15, -0.1) is 0 Å². The SMILES string of the molecule is Cc1ccc(S(=O)(=O)N2CCC[C@@H]([C@@H](C)N)C2)c2cccnc12. The number of sulfonamides is 1. The molecule has 0 saturated carbocycles. The zero-order valence-electron chi connectivity index (χ0n) is 13.6. The van der Waals surface area contributed by atoms with Crippen LogP contribution >= 0.6 is 0 Å². The van der Waals surface area contributed by atoms with Crippen LogP contribution in [0.1, 0.15) is 25.3 Å². The van der Waals surface area contributed by atoms with Gasteiger partial charge in [0.25, 0.3) is 0 Å². The maximum absolute atomic E-state index is 13.1. The van der Waals surface area contributed by atoms with Gasteiger partial charge in [0, 0.05) is 30.7 Å². The largest absolute Gasteiger partial charge is 0.328 e. The molecule has 0 unspecified atom stereocenters. The summed E-state index contributed by atoms with van der Waals surface area (Å²) in [4.78, 5) is 4.68. The lowest BCUT2D eigenvalue weighted by Gasteiger charge is -2.34. The van der Waals surface area contributed by atoms with Crippen LogP contribution < -0.4 is 5.73 Å². The van der Waals surface area contributed by atoms with Crippen molar-refractivity contribution >= 4 is 20.9 Å². The Hall–Kier alpha value is -1.50. The Morgan fingerprint density at radius 1 is 1.35 bits per heavy atom. The number of rotatable bonds is 3. The third kappa shape index (κ3) is 2.98. The van der Waals surface area contributed by atoms with Gasteiger partial charge >= 0.3 is 0 Å². The first kappa shape index (κ1) is 16.4. The smallest absolute Gasteiger partial charge is 0.243 e. The number of fused-ring (bicyclic) bond motifs is 1. The molecule has 0 spiro atoms. The lowest BCUT2D eigenvalue weighted by Crippen LogP contribution is -2.45. The van der Waals surface area contributed by atoms with Crippen LogP contribution in [0, 0.1) is 12.8 Å². The van der Waals surface area contributed by atoms with Crippen LogP contribution in [0.25, 0.3) is 10.9 Å². The van der Waals surface area contributed by atoms with Crippen LogP contribution in [-0.2, 0) is 10.0 Å². The zero-order chi connectivity index (χ0) is 16.6. The Labute approximate surface area is 137 Å². The van der Waals surface area contributed by atoms with Crippen molar-refractivity contribution in [3.8, 4) is 0 Å². The topological polar surface area (TPSA) is 76.3 Å². The van der Waals surface area contributed by atoms with E-state index in [2.05, 4.69) is 4.98 Å². The number of nitrogens with zero attached hydrogens (tertiary/aromatic N) is 2. The first-order chi connectivity index (χ1) is 10.9. The highest BCUT2D eigenvalue weighted by molar-refractivity contribution is 7.89. The second-order valence-corrected chi connectivity index (χ2v) is 8.31. The van der Waals surface area contributed by atoms with Gasteiger partial charge in [0.15, 0.2) is 0 Å². The van der Waals surface area contributed by atoms with E-state index >= 15 is 0 Å². The van der Waals surface area contributed by atoms with Crippen molar-refractivity contribution in [3.63, 3.8) is 0 Å². The summed E-state index contributed by atoms with van der Waals surface area (Å²) in [5.41, 5.74) is 7.71. The molecule has 0 bridgehead atoms. The first-order valence-corrected chi connectivity index (χ1v) is 9.45. The number of piperidine rings is 1. The van der Waals surface area contributed by atoms with Gasteiger partial charge < -0.3 is 5.73 Å². The maximum Gasteiger partial charge on any atom is 0.243 e. The molecule has 2 atom stereocenters. The predicted molar refractivity (Wildman–Crippen MR) is 91.6 cm³/mol. The van der Waals surface area contributed by atoms with E-state index in [0.717, 1.165) is 23.9 Å². The quantitative estimate of drug-likeness (QED) is 0.935. The highest BCUT2D eigenvalue weighted by atomic mass is 32.2. The number of hydrogen-bond acceptors (Lipinski definition) is 4. The van der Waals surface area contributed by atoms with E-state index in [1.54, 1.807) is 22.6 Å². The fourth-order valence-electron chi connectivity index (χ4n) is 3.27. The Kier molecular flexibility index (Phi) is 4.40. The van der Waals surface area contributed by atoms with Gasteiger partial charge in [0.2, 0.25) is 10.0 Å². The van der Waals surface area contributed by atoms with Crippen LogP contribution in [0.4, 0.5) is 0 Å². The van der Waals surface area contributed by atoms with E-state index in [1.807, 2.05) is 26.0 Å². The molecule has 0 aliphatic carbocycles. The molecule has 5 nitrogen and oxygen atoms in total. The van der Waals surface area contributed by atoms with E-state index in [1.165, 1.54) is 0 Å². The standard InChI is InChI=1S/C17H23N3O2S/c1-12-7-8-16(15-6-3-9-19-17(12)15)23(21,22)20-10-4-5-14(11-20)13(2)18/h3,6-9,13-14H,4-5,10-11,18H2,1-2H3/t13-,14-/m1/s1. The molecule has 2 N–H and O–H groups in total. The number of aryl methyl sites for hydroxylation is 1. The summed E-state index contributed by atoms with van der Waals surface area (Å²) in [6.07, 6.45) is 3.53. The van der Waals surface area contributed by atoms with Gasteiger partial charge in [0.05, 0.1) is 10.4 Å². The molecule has 6 heteroatoms. The molecule has 23 heavy (non-hydrogen) atoms. The molecule has 1 aromatic carbocycles. The Morgan fingerprint density at radius 3 is 2.87 bits per heavy atom. The van der Waals surface area contributed by atoms with Crippen LogP contribution in [0.3, 0.4) is 0 Å². The number of aromatic nitrogens is 1. The molecule has 0 amide bonds. The van der Waals surface area contributed by atoms with Crippen molar-refractivity contribution in [1.82, 2.24) is 9.29 Å². The molecule has 2 heterocycles. The van der Waals surface area contributed by atoms with Crippen LogP contribution in [0.15, 0.2) is 35.4 Å². The first-order valence-electron chi connectivity index (χ1n) is 8.01. The molecule has 0 radical (unpaired) electrons. The van der Waals surface area contributed by atoms with Crippen molar-refractivity contribution in [1.29, 1.82) is 0 Å². The zero-order valence-corrected chi connectivity index (χ0v) is 14.4. The summed E-state index contributed by atoms with van der Waals surface area (Å²) in [5.74, 6) is 0.216. The monoisotopic (exact) mass is 333 g/mol. The molecule has 124 valence electrons. The maximum atomic E-state index is 13.1. The summed E-state index contributed by atoms with van der Waals surface area (Å²) in [6.45, 7) is 4.95. The molecule has 1 aliphatic heterocycles. The Bertz CT molecular complexity index is 818. The number of nitrogens with two attached hydrogens (primary N) is 1. The molecule has 3 rings (SSSR count). The van der Waals surface area contributed by atoms with Crippen LogP contribution in [0.5, 0.6) is 0 Å². The fraction of sp³-hybridized carbons (Fsp3) is 0.471. The average Bonchev–Trinajstić information content (AvgIpc) is 2.55. The summed E-state index contributed by atoms with van der Waals surface area (Å²) < 4.78 is 27.9. The van der Waals surface area contributed by atoms with Gasteiger partial charge in [-0.2, -0.15) is 4.31 Å². The Balaban J connectivity index is 2.05. The normalized spacial score (nSPS) is 21.4. The van der Waals surface area contributed by atoms with Crippen LogP contribution in [0.2, 0.25) is 0 Å². The van der Waals surface area contributed by atoms with Crippen molar-refractivity contribution in [2.24, 2.45) is 11.7 Å². The molecule has 1 fully saturated rings. The number of pyridine rings is 1. The van der Waals surface area contributed by atoms with E-state index < -0.39 is 10.0 Å². The van der Waals surface area contributed by atoms with Gasteiger partial charge in [-0.3, -0.25) is 4.98 Å². The van der Waals surface area contributed by atoms with Gasteiger partial charge in [-0.05, 0) is 56.4 Å². The minimum absolute atomic E-state index is 0.00410. The van der Waals surface area contributed by atoms with Crippen molar-refractivity contribution in [2.75, 3.05) is 13.1 Å². The fourth-order valence-corrected chi connectivity index (χ4v) is 4.99. The summed E-state index contributed by atoms with van der Waals surface area (Å²) in [6, 6.07) is 7.14. The third-order valence-corrected chi connectivity index (χ3v) is 6.64. The minimum atomic E-state index is -3.53. The molecule has 2 aromatic rings. The predicted octanol–water partition coefficient (Wildman–Crippen LogP) is 2.29. The number of hydrogen-bond donors (Lipinski definition) is 1. The summed E-state index contributed by atoms with van der Waals surface area (Å²) in [5, 5.41) is 0.690. The molecular formula is C17H23N3O2S. The van der Waals surface area contributed by atoms with Crippen molar-refractivity contribution in [3.05, 3.63) is 36.0 Å². The molecule has 1 aromatic heterocycles. The van der Waals surface area contributed by atoms with E-state index in [-0.39, 0.29) is 12.0 Å². The molecule has 1 aliphatic rings. The number of benzene rings is 1. The van der Waals surface area contributed by atoms with Crippen LogP contribution in [-0.4, -0.2) is 36.8 Å². The Morgan fingerprint density at radius 2 is 2.13 bits per heavy atom. The van der Waals surface area contributed by atoms with Crippen molar-refractivity contribution < 1.29 is 8.42 Å². The minimum Gasteiger partial charge on any atom is -0.328 e. The highest BCUT2D eigenvalue weighted by Crippen LogP contribution is 2.30. The van der Waals surface area contributed by atoms with Crippen molar-refractivity contribution in [2.45, 2.75) is 37.6 Å². The second kappa shape index (κ2) is 6.19.